The minimum absolute atomic E-state index is 0.0253. The molecule has 0 radical (unpaired) electrons. The summed E-state index contributed by atoms with van der Waals surface area (Å²) in [5, 5.41) is 18.5. The highest BCUT2D eigenvalue weighted by molar-refractivity contribution is 5.95. The quantitative estimate of drug-likeness (QED) is 0.194. The van der Waals surface area contributed by atoms with Crippen LogP contribution in [0.3, 0.4) is 0 Å². The number of hydrogen-bond donors (Lipinski definition) is 2. The van der Waals surface area contributed by atoms with Gasteiger partial charge in [0.15, 0.2) is 0 Å². The van der Waals surface area contributed by atoms with Crippen molar-refractivity contribution in [3.05, 3.63) is 102 Å². The van der Waals surface area contributed by atoms with E-state index in [0.29, 0.717) is 12.0 Å². The number of esters is 2. The number of carbonyl (C=O) groups excluding carboxylic acids is 3. The van der Waals surface area contributed by atoms with Gasteiger partial charge in [-0.3, -0.25) is 0 Å². The number of benzene rings is 3. The molecule has 1 saturated heterocycles. The Kier molecular flexibility index (Phi) is 16.8. The van der Waals surface area contributed by atoms with Crippen LogP contribution in [0.2, 0.25) is 0 Å². The van der Waals surface area contributed by atoms with Crippen LogP contribution >= 0.6 is 0 Å². The third-order valence-corrected chi connectivity index (χ3v) is 8.83. The maximum absolute atomic E-state index is 12.1. The van der Waals surface area contributed by atoms with Crippen LogP contribution in [0, 0.1) is 5.92 Å². The van der Waals surface area contributed by atoms with E-state index in [0.717, 1.165) is 51.2 Å². The lowest BCUT2D eigenvalue weighted by Gasteiger charge is -2.37. The lowest BCUT2D eigenvalue weighted by atomic mass is 9.95. The largest absolute Gasteiger partial charge is 0.497 e. The van der Waals surface area contributed by atoms with Crippen LogP contribution in [0.15, 0.2) is 84.9 Å². The summed E-state index contributed by atoms with van der Waals surface area (Å²) in [6, 6.07) is 23.9. The Bertz CT molecular complexity index is 1540. The minimum Gasteiger partial charge on any atom is -0.497 e. The molecule has 0 aromatic heterocycles. The molecule has 0 bridgehead atoms. The van der Waals surface area contributed by atoms with Gasteiger partial charge in [0.05, 0.1) is 18.2 Å². The summed E-state index contributed by atoms with van der Waals surface area (Å²) < 4.78 is 14.8. The van der Waals surface area contributed by atoms with Crippen molar-refractivity contribution in [1.29, 1.82) is 0 Å². The molecule has 13 nitrogen and oxygen atoms in total. The number of rotatable bonds is 15. The first-order chi connectivity index (χ1) is 25.3. The highest BCUT2D eigenvalue weighted by Crippen LogP contribution is 2.22. The first-order valence-electron chi connectivity index (χ1n) is 17.6. The van der Waals surface area contributed by atoms with Crippen LogP contribution < -0.4 is 4.74 Å². The van der Waals surface area contributed by atoms with Gasteiger partial charge in [0.25, 0.3) is 0 Å². The Morgan fingerprint density at radius 3 is 1.64 bits per heavy atom. The number of methoxy groups -OCH3 is 1. The molecule has 0 spiro atoms. The van der Waals surface area contributed by atoms with Gasteiger partial charge in [-0.15, -0.1) is 0 Å². The number of hydrogen-bond acceptors (Lipinski definition) is 9. The monoisotopic (exact) mass is 733 g/mol. The summed E-state index contributed by atoms with van der Waals surface area (Å²) in [5.41, 5.74) is 1.41. The molecule has 3 atom stereocenters. The zero-order valence-corrected chi connectivity index (χ0v) is 31.1. The molecule has 3 aromatic carbocycles. The first-order valence-corrected chi connectivity index (χ1v) is 17.6. The molecule has 1 fully saturated rings. The van der Waals surface area contributed by atoms with Crippen molar-refractivity contribution in [2.24, 2.45) is 5.92 Å². The molecule has 1 aliphatic heterocycles. The molecule has 53 heavy (non-hydrogen) atoms. The zero-order chi connectivity index (χ0) is 38.9. The van der Waals surface area contributed by atoms with Gasteiger partial charge in [0, 0.05) is 39.8 Å². The van der Waals surface area contributed by atoms with Crippen molar-refractivity contribution in [2.75, 3.05) is 47.4 Å². The third kappa shape index (κ3) is 13.2. The average molecular weight is 734 g/mol. The van der Waals surface area contributed by atoms with Crippen molar-refractivity contribution in [1.82, 2.24) is 14.7 Å². The van der Waals surface area contributed by atoms with Gasteiger partial charge < -0.3 is 39.1 Å². The summed E-state index contributed by atoms with van der Waals surface area (Å²) >= 11 is 0. The van der Waals surface area contributed by atoms with Crippen LogP contribution in [0.25, 0.3) is 0 Å². The van der Waals surface area contributed by atoms with Gasteiger partial charge in [-0.05, 0) is 87.0 Å². The second-order valence-corrected chi connectivity index (χ2v) is 13.1. The van der Waals surface area contributed by atoms with Gasteiger partial charge in [-0.25, -0.2) is 24.0 Å². The van der Waals surface area contributed by atoms with Crippen LogP contribution in [-0.2, 0) is 25.5 Å². The molecule has 2 N–H and O–H groups in total. The van der Waals surface area contributed by atoms with Crippen LogP contribution in [0.4, 0.5) is 4.79 Å². The zero-order valence-electron chi connectivity index (χ0n) is 31.1. The third-order valence-electron chi connectivity index (χ3n) is 8.83. The van der Waals surface area contributed by atoms with Gasteiger partial charge in [-0.2, -0.15) is 0 Å². The highest BCUT2D eigenvalue weighted by atomic mass is 16.6. The Morgan fingerprint density at radius 2 is 1.25 bits per heavy atom. The molecule has 1 heterocycles. The van der Waals surface area contributed by atoms with Crippen molar-refractivity contribution in [2.45, 2.75) is 57.8 Å². The molecule has 0 saturated carbocycles. The molecule has 1 unspecified atom stereocenters. The molecule has 4 rings (SSSR count). The van der Waals surface area contributed by atoms with E-state index in [1.807, 2.05) is 31.1 Å². The van der Waals surface area contributed by atoms with Crippen LogP contribution in [0.5, 0.6) is 5.75 Å². The van der Waals surface area contributed by atoms with Gasteiger partial charge in [0.1, 0.15) is 5.75 Å². The molecule has 1 aliphatic rings. The predicted octanol–water partition coefficient (Wildman–Crippen LogP) is 5.34. The topological polar surface area (TPSA) is 163 Å². The second-order valence-electron chi connectivity index (χ2n) is 13.1. The van der Waals surface area contributed by atoms with Gasteiger partial charge >= 0.3 is 29.9 Å². The molecule has 286 valence electrons. The fourth-order valence-corrected chi connectivity index (χ4v) is 5.93. The number of carboxylic acids is 2. The molecular weight excluding hydrogens is 682 g/mol. The van der Waals surface area contributed by atoms with Crippen molar-refractivity contribution >= 4 is 29.9 Å². The van der Waals surface area contributed by atoms with E-state index >= 15 is 0 Å². The van der Waals surface area contributed by atoms with Crippen LogP contribution in [0.1, 0.15) is 59.4 Å². The Morgan fingerprint density at radius 1 is 0.774 bits per heavy atom. The number of carbonyl (C=O) groups is 5. The number of ether oxygens (including phenoxy) is 3. The standard InChI is InChI=1S/C22H37N3O2.C18H14O8/c1-6-13-25(18(2)16-19-7-9-21(27-5)10-8-19)17-20-11-14-24(15-12-20)22(26)23(3)4;19-15(20)13(25-17(23)11-7-3-1-4-8-11)14(16(21)22)26-18(24)12-9-5-2-6-10-12/h7-10,18,20H,6,11-17H2,1-5H3;1-10,13-14H,(H,19,20)(H,21,22)/t;13-,14-/m.1/s1. The number of amides is 2. The van der Waals surface area contributed by atoms with Gasteiger partial charge in [-0.1, -0.05) is 55.5 Å². The number of piperidine rings is 1. The molecule has 0 aliphatic carbocycles. The summed E-state index contributed by atoms with van der Waals surface area (Å²) in [4.78, 5) is 65.3. The van der Waals surface area contributed by atoms with E-state index in [9.17, 15) is 34.2 Å². The van der Waals surface area contributed by atoms with Crippen LogP contribution in [-0.4, -0.2) is 120 Å². The second kappa shape index (κ2) is 21.2. The smallest absolute Gasteiger partial charge is 0.349 e. The first kappa shape index (κ1) is 42.0. The normalized spacial score (nSPS) is 14.5. The Hall–Kier alpha value is -5.43. The average Bonchev–Trinajstić information content (AvgIpc) is 3.16. The Balaban J connectivity index is 0.000000286. The van der Waals surface area contributed by atoms with E-state index in [1.54, 1.807) is 24.1 Å². The van der Waals surface area contributed by atoms with Crippen molar-refractivity contribution < 1.29 is 48.4 Å². The highest BCUT2D eigenvalue weighted by Gasteiger charge is 2.41. The van der Waals surface area contributed by atoms with E-state index in [1.165, 1.54) is 60.5 Å². The fraction of sp³-hybridized carbons (Fsp3) is 0.425. The molecule has 2 amide bonds. The number of likely N-dealkylation sites (tertiary alicyclic amines) is 1. The number of nitrogens with zero attached hydrogens (tertiary/aromatic N) is 3. The van der Waals surface area contributed by atoms with E-state index < -0.39 is 36.1 Å². The maximum Gasteiger partial charge on any atom is 0.349 e. The SMILES string of the molecule is CCCN(CC1CCN(C(=O)N(C)C)CC1)C(C)Cc1ccc(OC)cc1.O=C(O[C@@H](C(=O)O)[C@@H](OC(=O)c1ccccc1)C(=O)O)c1ccccc1. The summed E-state index contributed by atoms with van der Waals surface area (Å²) in [5.74, 6) is -4.04. The summed E-state index contributed by atoms with van der Waals surface area (Å²) in [7, 11) is 5.37. The van der Waals surface area contributed by atoms with E-state index in [-0.39, 0.29) is 17.2 Å². The summed E-state index contributed by atoms with van der Waals surface area (Å²) in [6.07, 6.45) is 0.0116. The Labute approximate surface area is 311 Å². The lowest BCUT2D eigenvalue weighted by molar-refractivity contribution is -0.166. The molecule has 3 aromatic rings. The number of aliphatic carboxylic acids is 2. The van der Waals surface area contributed by atoms with Crippen molar-refractivity contribution in [3.8, 4) is 5.75 Å². The summed E-state index contributed by atoms with van der Waals surface area (Å²) in [6.45, 7) is 8.63. The molecular formula is C40H51N3O10. The number of urea groups is 1. The fourth-order valence-electron chi connectivity index (χ4n) is 5.93. The lowest BCUT2D eigenvalue weighted by Crippen LogP contribution is -2.46. The maximum atomic E-state index is 12.1. The number of carboxylic acid groups (broad SMARTS) is 2. The minimum atomic E-state index is -2.21. The van der Waals surface area contributed by atoms with E-state index in [2.05, 4.69) is 30.9 Å². The predicted molar refractivity (Wildman–Crippen MR) is 198 cm³/mol. The van der Waals surface area contributed by atoms with Crippen molar-refractivity contribution in [3.63, 3.8) is 0 Å². The van der Waals surface area contributed by atoms with Gasteiger partial charge in [0.2, 0.25) is 12.2 Å². The molecule has 13 heteroatoms. The van der Waals surface area contributed by atoms with E-state index in [4.69, 9.17) is 14.2 Å².